The third-order valence-electron chi connectivity index (χ3n) is 6.31. The molecular weight excluding hydrogens is 396 g/mol. The first kappa shape index (κ1) is 20.4. The fraction of sp³-hybridized carbons (Fsp3) is 0.269. The summed E-state index contributed by atoms with van der Waals surface area (Å²) in [6, 6.07) is 15.0. The van der Waals surface area contributed by atoms with E-state index in [1.165, 1.54) is 27.8 Å². The van der Waals surface area contributed by atoms with Gasteiger partial charge in [-0.15, -0.1) is 0 Å². The number of rotatable bonds is 5. The summed E-state index contributed by atoms with van der Waals surface area (Å²) >= 11 is 0. The average Bonchev–Trinajstić information content (AvgIpc) is 3.26. The fourth-order valence-corrected chi connectivity index (χ4v) is 4.20. The molecule has 0 unspecified atom stereocenters. The van der Waals surface area contributed by atoms with Crippen LogP contribution in [0.4, 0.5) is 11.8 Å². The maximum absolute atomic E-state index is 4.81. The lowest BCUT2D eigenvalue weighted by molar-refractivity contribution is 0.241. The van der Waals surface area contributed by atoms with Crippen molar-refractivity contribution in [1.29, 1.82) is 0 Å². The summed E-state index contributed by atoms with van der Waals surface area (Å²) in [4.78, 5) is 16.3. The van der Waals surface area contributed by atoms with E-state index in [-0.39, 0.29) is 0 Å². The molecule has 4 aromatic rings. The van der Waals surface area contributed by atoms with E-state index in [1.807, 2.05) is 23.3 Å². The summed E-state index contributed by atoms with van der Waals surface area (Å²) < 4.78 is 2.03. The van der Waals surface area contributed by atoms with Crippen LogP contribution in [0.2, 0.25) is 0 Å². The molecule has 1 aliphatic heterocycles. The minimum Gasteiger partial charge on any atom is -0.307 e. The number of anilines is 2. The van der Waals surface area contributed by atoms with E-state index in [0.717, 1.165) is 43.3 Å². The van der Waals surface area contributed by atoms with Gasteiger partial charge in [0.25, 0.3) is 0 Å². The summed E-state index contributed by atoms with van der Waals surface area (Å²) in [6.45, 7) is 9.24. The van der Waals surface area contributed by atoms with E-state index in [9.17, 15) is 0 Å². The molecule has 1 aliphatic rings. The first-order chi connectivity index (χ1) is 15.5. The van der Waals surface area contributed by atoms with Gasteiger partial charge in [0.1, 0.15) is 6.33 Å². The highest BCUT2D eigenvalue weighted by molar-refractivity contribution is 5.50. The highest BCUT2D eigenvalue weighted by Gasteiger charge is 2.19. The monoisotopic (exact) mass is 424 g/mol. The van der Waals surface area contributed by atoms with Gasteiger partial charge in [0.15, 0.2) is 5.82 Å². The number of hydrogen-bond acceptors (Lipinski definition) is 5. The van der Waals surface area contributed by atoms with E-state index < -0.39 is 0 Å². The number of imidazole rings is 1. The molecule has 5 rings (SSSR count). The largest absolute Gasteiger partial charge is 0.307 e. The van der Waals surface area contributed by atoms with E-state index in [4.69, 9.17) is 4.98 Å². The second kappa shape index (κ2) is 8.55. The lowest BCUT2D eigenvalue weighted by Crippen LogP contribution is -2.31. The van der Waals surface area contributed by atoms with Crippen LogP contribution in [0.5, 0.6) is 0 Å². The molecule has 32 heavy (non-hydrogen) atoms. The molecule has 0 saturated heterocycles. The molecule has 0 amide bonds. The van der Waals surface area contributed by atoms with E-state index in [1.54, 1.807) is 0 Å². The Kier molecular flexibility index (Phi) is 5.45. The minimum absolute atomic E-state index is 0.590. The quantitative estimate of drug-likeness (QED) is 0.494. The summed E-state index contributed by atoms with van der Waals surface area (Å²) in [6.07, 6.45) is 6.73. The molecule has 0 bridgehead atoms. The lowest BCUT2D eigenvalue weighted by Gasteiger charge is -2.28. The Morgan fingerprint density at radius 2 is 1.78 bits per heavy atom. The molecule has 1 N–H and O–H groups in total. The number of aromatic nitrogens is 4. The van der Waals surface area contributed by atoms with E-state index >= 15 is 0 Å². The van der Waals surface area contributed by atoms with E-state index in [0.29, 0.717) is 5.95 Å². The third kappa shape index (κ3) is 4.27. The van der Waals surface area contributed by atoms with Crippen LogP contribution < -0.4 is 5.32 Å². The summed E-state index contributed by atoms with van der Waals surface area (Å²) in [5.74, 6) is 1.32. The van der Waals surface area contributed by atoms with Gasteiger partial charge in [-0.25, -0.2) is 15.0 Å². The Balaban J connectivity index is 1.31. The number of hydrogen-bond donors (Lipinski definition) is 1. The highest BCUT2D eigenvalue weighted by Crippen LogP contribution is 2.22. The van der Waals surface area contributed by atoms with Crippen molar-refractivity contribution in [2.75, 3.05) is 11.9 Å². The van der Waals surface area contributed by atoms with Gasteiger partial charge in [0.2, 0.25) is 5.95 Å². The Hall–Kier alpha value is -3.51. The first-order valence-electron chi connectivity index (χ1n) is 11.1. The van der Waals surface area contributed by atoms with E-state index in [2.05, 4.69) is 83.4 Å². The zero-order valence-electron chi connectivity index (χ0n) is 18.8. The van der Waals surface area contributed by atoms with Crippen molar-refractivity contribution >= 4 is 11.8 Å². The molecule has 0 atom stereocenters. The van der Waals surface area contributed by atoms with Gasteiger partial charge in [-0.05, 0) is 67.1 Å². The molecule has 0 aliphatic carbocycles. The van der Waals surface area contributed by atoms with Crippen molar-refractivity contribution in [3.8, 4) is 5.69 Å². The number of benzene rings is 2. The van der Waals surface area contributed by atoms with Crippen molar-refractivity contribution in [3.63, 3.8) is 0 Å². The Morgan fingerprint density at radius 3 is 2.56 bits per heavy atom. The van der Waals surface area contributed by atoms with Crippen molar-refractivity contribution < 1.29 is 0 Å². The maximum Gasteiger partial charge on any atom is 0.228 e. The maximum atomic E-state index is 4.81. The van der Waals surface area contributed by atoms with Gasteiger partial charge in [-0.2, -0.15) is 0 Å². The molecule has 162 valence electrons. The van der Waals surface area contributed by atoms with Gasteiger partial charge >= 0.3 is 0 Å². The predicted molar refractivity (Wildman–Crippen MR) is 127 cm³/mol. The standard InChI is InChI=1S/C26H28N6/c1-18-11-23(12-19(2)20(18)3)32-16-25(28-17-32)30-26-27-13-22-9-10-31(15-24(22)29-26)14-21-7-5-4-6-8-21/h4-8,11-13,16-17H,9-10,14-15H2,1-3H3,(H,27,29,30). The highest BCUT2D eigenvalue weighted by atomic mass is 15.2. The number of nitrogens with zero attached hydrogens (tertiary/aromatic N) is 5. The third-order valence-corrected chi connectivity index (χ3v) is 6.31. The van der Waals surface area contributed by atoms with Crippen molar-refractivity contribution in [2.45, 2.75) is 40.3 Å². The predicted octanol–water partition coefficient (Wildman–Crippen LogP) is 4.89. The van der Waals surface area contributed by atoms with Crippen molar-refractivity contribution in [3.05, 3.63) is 94.7 Å². The van der Waals surface area contributed by atoms with Gasteiger partial charge in [-0.1, -0.05) is 30.3 Å². The lowest BCUT2D eigenvalue weighted by atomic mass is 10.0. The number of aryl methyl sites for hydroxylation is 2. The second-order valence-corrected chi connectivity index (χ2v) is 8.61. The smallest absolute Gasteiger partial charge is 0.228 e. The topological polar surface area (TPSA) is 58.9 Å². The van der Waals surface area contributed by atoms with Crippen LogP contribution >= 0.6 is 0 Å². The van der Waals surface area contributed by atoms with Crippen LogP contribution in [0.15, 0.2) is 61.2 Å². The van der Waals surface area contributed by atoms with Crippen molar-refractivity contribution in [2.24, 2.45) is 0 Å². The van der Waals surface area contributed by atoms with Gasteiger partial charge < -0.3 is 9.88 Å². The zero-order chi connectivity index (χ0) is 22.1. The van der Waals surface area contributed by atoms with Crippen molar-refractivity contribution in [1.82, 2.24) is 24.4 Å². The molecule has 0 spiro atoms. The van der Waals surface area contributed by atoms with Crippen LogP contribution in [0.1, 0.15) is 33.5 Å². The second-order valence-electron chi connectivity index (χ2n) is 8.61. The molecule has 6 heteroatoms. The van der Waals surface area contributed by atoms with Gasteiger partial charge in [0, 0.05) is 31.5 Å². The van der Waals surface area contributed by atoms with Crippen LogP contribution in [-0.2, 0) is 19.5 Å². The van der Waals surface area contributed by atoms with Crippen LogP contribution in [-0.4, -0.2) is 31.0 Å². The zero-order valence-corrected chi connectivity index (χ0v) is 18.8. The molecule has 6 nitrogen and oxygen atoms in total. The van der Waals surface area contributed by atoms with Gasteiger partial charge in [0.05, 0.1) is 11.9 Å². The molecular formula is C26H28N6. The van der Waals surface area contributed by atoms with Crippen LogP contribution in [0.25, 0.3) is 5.69 Å². The molecule has 0 saturated carbocycles. The Bertz CT molecular complexity index is 1220. The SMILES string of the molecule is Cc1cc(-n2cnc(Nc3ncc4c(n3)CN(Cc3ccccc3)CC4)c2)cc(C)c1C. The molecule has 2 aromatic heterocycles. The summed E-state index contributed by atoms with van der Waals surface area (Å²) in [5, 5.41) is 3.28. The summed E-state index contributed by atoms with van der Waals surface area (Å²) in [5.41, 5.74) is 8.65. The summed E-state index contributed by atoms with van der Waals surface area (Å²) in [7, 11) is 0. The molecule has 3 heterocycles. The number of fused-ring (bicyclic) bond motifs is 1. The number of nitrogens with one attached hydrogen (secondary N) is 1. The fourth-order valence-electron chi connectivity index (χ4n) is 4.20. The van der Waals surface area contributed by atoms with Crippen LogP contribution in [0.3, 0.4) is 0 Å². The van der Waals surface area contributed by atoms with Crippen LogP contribution in [0, 0.1) is 20.8 Å². The minimum atomic E-state index is 0.590. The molecule has 0 radical (unpaired) electrons. The molecule has 0 fully saturated rings. The average molecular weight is 425 g/mol. The Morgan fingerprint density at radius 1 is 1.00 bits per heavy atom. The molecule has 2 aromatic carbocycles. The van der Waals surface area contributed by atoms with Gasteiger partial charge in [-0.3, -0.25) is 4.90 Å². The normalized spacial score (nSPS) is 13.7. The first-order valence-corrected chi connectivity index (χ1v) is 11.1. The Labute approximate surface area is 189 Å².